The summed E-state index contributed by atoms with van der Waals surface area (Å²) >= 11 is 0. The Labute approximate surface area is 178 Å². The van der Waals surface area contributed by atoms with Gasteiger partial charge in [-0.15, -0.1) is 0 Å². The van der Waals surface area contributed by atoms with Crippen molar-refractivity contribution >= 4 is 5.97 Å². The molecule has 166 valence electrons. The topological polar surface area (TPSA) is 63.2 Å². The smallest absolute Gasteiger partial charge is 0.316 e. The Morgan fingerprint density at radius 1 is 0.933 bits per heavy atom. The van der Waals surface area contributed by atoms with Crippen molar-refractivity contribution in [2.75, 3.05) is 33.5 Å². The van der Waals surface area contributed by atoms with E-state index in [1.165, 1.54) is 5.57 Å². The van der Waals surface area contributed by atoms with E-state index >= 15 is 0 Å². The molecule has 0 aromatic heterocycles. The Balaban J connectivity index is 1.38. The van der Waals surface area contributed by atoms with Gasteiger partial charge in [0, 0.05) is 18.3 Å². The second-order valence-electron chi connectivity index (χ2n) is 10.5. The van der Waals surface area contributed by atoms with E-state index in [0.717, 1.165) is 51.4 Å². The van der Waals surface area contributed by atoms with Crippen LogP contribution in [0, 0.1) is 28.6 Å². The molecule has 30 heavy (non-hydrogen) atoms. The minimum Gasteiger partial charge on any atom is -0.468 e. The Morgan fingerprint density at radius 2 is 1.63 bits per heavy atom. The van der Waals surface area contributed by atoms with Crippen molar-refractivity contribution in [3.8, 4) is 0 Å². The molecule has 0 amide bonds. The lowest BCUT2D eigenvalue weighted by atomic mass is 9.46. The highest BCUT2D eigenvalue weighted by molar-refractivity contribution is 5.82. The lowest BCUT2D eigenvalue weighted by Crippen LogP contribution is -2.58. The number of rotatable bonds is 1. The fourth-order valence-corrected chi connectivity index (χ4v) is 8.49. The van der Waals surface area contributed by atoms with Crippen LogP contribution in [0.4, 0.5) is 0 Å². The van der Waals surface area contributed by atoms with E-state index in [9.17, 15) is 4.79 Å². The number of fused-ring (bicyclic) bond motifs is 6. The minimum absolute atomic E-state index is 0.0385. The van der Waals surface area contributed by atoms with E-state index in [4.69, 9.17) is 23.7 Å². The van der Waals surface area contributed by atoms with E-state index in [1.54, 1.807) is 7.11 Å². The van der Waals surface area contributed by atoms with E-state index in [1.807, 2.05) is 0 Å². The maximum Gasteiger partial charge on any atom is 0.316 e. The van der Waals surface area contributed by atoms with Crippen LogP contribution in [0.3, 0.4) is 0 Å². The lowest BCUT2D eigenvalue weighted by Gasteiger charge is -2.59. The second-order valence-corrected chi connectivity index (χ2v) is 10.5. The van der Waals surface area contributed by atoms with Gasteiger partial charge >= 0.3 is 5.97 Å². The highest BCUT2D eigenvalue weighted by atomic mass is 16.7. The van der Waals surface area contributed by atoms with Gasteiger partial charge in [-0.25, -0.2) is 0 Å². The first-order valence-corrected chi connectivity index (χ1v) is 11.9. The van der Waals surface area contributed by atoms with Crippen LogP contribution in [0.15, 0.2) is 11.6 Å². The molecule has 6 nitrogen and oxygen atoms in total. The normalized spacial score (nSPS) is 45.7. The molecular weight excluding hydrogens is 384 g/mol. The first-order chi connectivity index (χ1) is 14.5. The van der Waals surface area contributed by atoms with Crippen LogP contribution >= 0.6 is 0 Å². The van der Waals surface area contributed by atoms with Gasteiger partial charge < -0.3 is 23.7 Å². The summed E-state index contributed by atoms with van der Waals surface area (Å²) in [4.78, 5) is 13.4. The third kappa shape index (κ3) is 2.31. The van der Waals surface area contributed by atoms with Crippen LogP contribution in [0.25, 0.3) is 0 Å². The van der Waals surface area contributed by atoms with Crippen molar-refractivity contribution in [2.24, 2.45) is 28.6 Å². The molecule has 5 atom stereocenters. The average Bonchev–Trinajstić information content (AvgIpc) is 3.49. The van der Waals surface area contributed by atoms with Crippen molar-refractivity contribution in [1.29, 1.82) is 0 Å². The van der Waals surface area contributed by atoms with Crippen LogP contribution < -0.4 is 0 Å². The number of carbonyl (C=O) groups excluding carboxylic acids is 1. The van der Waals surface area contributed by atoms with Gasteiger partial charge in [0.15, 0.2) is 11.6 Å². The zero-order valence-corrected chi connectivity index (χ0v) is 18.2. The van der Waals surface area contributed by atoms with Crippen molar-refractivity contribution in [2.45, 2.75) is 69.9 Å². The highest BCUT2D eigenvalue weighted by Gasteiger charge is 2.69. The van der Waals surface area contributed by atoms with Gasteiger partial charge in [-0.2, -0.15) is 0 Å². The largest absolute Gasteiger partial charge is 0.468 e. The van der Waals surface area contributed by atoms with E-state index < -0.39 is 17.0 Å². The summed E-state index contributed by atoms with van der Waals surface area (Å²) < 4.78 is 30.0. The summed E-state index contributed by atoms with van der Waals surface area (Å²) in [7, 11) is 1.54. The molecule has 6 rings (SSSR count). The quantitative estimate of drug-likeness (QED) is 0.479. The van der Waals surface area contributed by atoms with E-state index in [-0.39, 0.29) is 11.4 Å². The Kier molecular flexibility index (Phi) is 4.29. The first-order valence-electron chi connectivity index (χ1n) is 11.9. The highest BCUT2D eigenvalue weighted by Crippen LogP contribution is 2.69. The molecule has 2 heterocycles. The van der Waals surface area contributed by atoms with Gasteiger partial charge in [0.25, 0.3) is 0 Å². The van der Waals surface area contributed by atoms with Gasteiger partial charge in [0.1, 0.15) is 0 Å². The molecule has 6 heteroatoms. The average molecular weight is 419 g/mol. The third-order valence-electron chi connectivity index (χ3n) is 9.78. The van der Waals surface area contributed by atoms with Crippen LogP contribution in [0.2, 0.25) is 0 Å². The van der Waals surface area contributed by atoms with Gasteiger partial charge in [-0.1, -0.05) is 12.5 Å². The van der Waals surface area contributed by atoms with Crippen LogP contribution in [0.1, 0.15) is 58.3 Å². The zero-order valence-electron chi connectivity index (χ0n) is 18.2. The van der Waals surface area contributed by atoms with Gasteiger partial charge in [-0.05, 0) is 62.4 Å². The van der Waals surface area contributed by atoms with Crippen molar-refractivity contribution in [1.82, 2.24) is 0 Å². The number of hydrogen-bond acceptors (Lipinski definition) is 6. The van der Waals surface area contributed by atoms with Crippen molar-refractivity contribution < 1.29 is 28.5 Å². The molecule has 2 saturated heterocycles. The van der Waals surface area contributed by atoms with E-state index in [2.05, 4.69) is 13.0 Å². The molecule has 3 saturated carbocycles. The van der Waals surface area contributed by atoms with E-state index in [0.29, 0.717) is 44.2 Å². The fraction of sp³-hybridized carbons (Fsp3) is 0.875. The number of hydrogen-bond donors (Lipinski definition) is 0. The summed E-state index contributed by atoms with van der Waals surface area (Å²) in [5, 5.41) is 0. The monoisotopic (exact) mass is 418 g/mol. The summed E-state index contributed by atoms with van der Waals surface area (Å²) in [5.41, 5.74) is 0.720. The maximum absolute atomic E-state index is 13.4. The Hall–Kier alpha value is -0.950. The lowest BCUT2D eigenvalue weighted by molar-refractivity contribution is -0.244. The zero-order chi connectivity index (χ0) is 20.6. The predicted molar refractivity (Wildman–Crippen MR) is 107 cm³/mol. The van der Waals surface area contributed by atoms with Gasteiger partial charge in [0.2, 0.25) is 0 Å². The number of esters is 1. The molecule has 0 unspecified atom stereocenters. The number of methoxy groups -OCH3 is 1. The SMILES string of the molecule is COC(=O)[C@]12CCC3(C=C1CC[C@@H]1[C@@H]2CC[C@@]2(C)[C@H]1CCC21OCCO1)OCCO3. The Morgan fingerprint density at radius 3 is 2.37 bits per heavy atom. The molecule has 2 aliphatic heterocycles. The molecular formula is C24H34O6. The molecule has 0 N–H and O–H groups in total. The molecule has 6 aliphatic rings. The molecule has 0 radical (unpaired) electrons. The summed E-state index contributed by atoms with van der Waals surface area (Å²) in [6, 6.07) is 0. The maximum atomic E-state index is 13.4. The molecule has 0 aromatic rings. The Bertz CT molecular complexity index is 764. The molecule has 2 spiro atoms. The molecule has 0 bridgehead atoms. The number of carbonyl (C=O) groups is 1. The minimum atomic E-state index is -0.619. The summed E-state index contributed by atoms with van der Waals surface area (Å²) in [6.45, 7) is 5.06. The summed E-state index contributed by atoms with van der Waals surface area (Å²) in [6.07, 6.45) is 9.86. The van der Waals surface area contributed by atoms with Crippen LogP contribution in [-0.4, -0.2) is 51.1 Å². The summed E-state index contributed by atoms with van der Waals surface area (Å²) in [5.74, 6) is 0.281. The van der Waals surface area contributed by atoms with Gasteiger partial charge in [-0.3, -0.25) is 4.79 Å². The molecule has 4 aliphatic carbocycles. The number of ether oxygens (including phenoxy) is 5. The fourth-order valence-electron chi connectivity index (χ4n) is 8.49. The van der Waals surface area contributed by atoms with Gasteiger partial charge in [0.05, 0.1) is 39.0 Å². The standard InChI is InChI=1S/C24H34O6/c1-21-7-5-19-17(18(21)6-8-24(21)29-13-14-30-24)4-3-16-15-22(27-11-12-28-22)9-10-23(16,19)20(25)26-2/h15,17-19H,3-14H2,1-2H3/t17-,18-,19-,21-,23+/m0/s1. The van der Waals surface area contributed by atoms with Crippen molar-refractivity contribution in [3.05, 3.63) is 11.6 Å². The molecule has 5 fully saturated rings. The predicted octanol–water partition coefficient (Wildman–Crippen LogP) is 3.59. The van der Waals surface area contributed by atoms with Crippen LogP contribution in [-0.2, 0) is 28.5 Å². The third-order valence-corrected chi connectivity index (χ3v) is 9.78. The molecule has 0 aromatic carbocycles. The van der Waals surface area contributed by atoms with Crippen LogP contribution in [0.5, 0.6) is 0 Å². The van der Waals surface area contributed by atoms with Crippen molar-refractivity contribution in [3.63, 3.8) is 0 Å². The first kappa shape index (κ1) is 19.7. The second kappa shape index (κ2) is 6.53.